The van der Waals surface area contributed by atoms with Crippen molar-refractivity contribution >= 4 is 17.9 Å². The molecule has 0 bridgehead atoms. The van der Waals surface area contributed by atoms with Crippen LogP contribution in [0.2, 0.25) is 0 Å². The molecule has 19 heavy (non-hydrogen) atoms. The maximum atomic E-state index is 2.54. The minimum absolute atomic E-state index is 1.13. The Morgan fingerprint density at radius 1 is 0.789 bits per heavy atom. The van der Waals surface area contributed by atoms with E-state index in [1.54, 1.807) is 10.6 Å². The van der Waals surface area contributed by atoms with Gasteiger partial charge in [0.1, 0.15) is 0 Å². The number of benzene rings is 2. The van der Waals surface area contributed by atoms with Crippen molar-refractivity contribution in [3.63, 3.8) is 0 Å². The van der Waals surface area contributed by atoms with Crippen molar-refractivity contribution in [1.82, 2.24) is 0 Å². The van der Waals surface area contributed by atoms with E-state index in [-0.39, 0.29) is 0 Å². The third-order valence-corrected chi connectivity index (χ3v) is 8.49. The van der Waals surface area contributed by atoms with Crippen LogP contribution in [0.5, 0.6) is 0 Å². The number of fused-ring (bicyclic) bond motifs is 3. The van der Waals surface area contributed by atoms with Gasteiger partial charge in [0.2, 0.25) is 0 Å². The maximum Gasteiger partial charge on any atom is -0.0101 e. The Bertz CT molecular complexity index is 540. The van der Waals surface area contributed by atoms with Crippen LogP contribution in [0.4, 0.5) is 0 Å². The molecule has 0 saturated heterocycles. The summed E-state index contributed by atoms with van der Waals surface area (Å²) in [7, 11) is -1.13. The molecule has 99 valence electrons. The molecule has 1 aliphatic heterocycles. The first-order valence-corrected chi connectivity index (χ1v) is 9.74. The van der Waals surface area contributed by atoms with Crippen LogP contribution in [-0.2, 0) is 0 Å². The minimum Gasteiger partial charge on any atom is -0.0716 e. The smallest absolute Gasteiger partial charge is 0.0101 e. The van der Waals surface area contributed by atoms with Gasteiger partial charge in [-0.3, -0.25) is 0 Å². The second kappa shape index (κ2) is 5.10. The topological polar surface area (TPSA) is 0 Å². The molecule has 2 aromatic rings. The highest BCUT2D eigenvalue weighted by atomic mass is 31.2. The molecule has 0 nitrogen and oxygen atoms in total. The molecule has 0 aromatic heterocycles. The summed E-state index contributed by atoms with van der Waals surface area (Å²) in [6.07, 6.45) is 5.40. The molecule has 1 aliphatic rings. The molecule has 0 amide bonds. The molecule has 0 atom stereocenters. The summed E-state index contributed by atoms with van der Waals surface area (Å²) >= 11 is 0. The lowest BCUT2D eigenvalue weighted by Crippen LogP contribution is -2.18. The van der Waals surface area contributed by atoms with Gasteiger partial charge in [-0.15, -0.1) is 0 Å². The van der Waals surface area contributed by atoms with Gasteiger partial charge in [-0.25, -0.2) is 0 Å². The molecule has 3 rings (SSSR count). The van der Waals surface area contributed by atoms with E-state index in [4.69, 9.17) is 0 Å². The van der Waals surface area contributed by atoms with Crippen molar-refractivity contribution in [2.45, 2.75) is 26.2 Å². The van der Waals surface area contributed by atoms with Gasteiger partial charge < -0.3 is 0 Å². The molecule has 0 spiro atoms. The fourth-order valence-corrected chi connectivity index (χ4v) is 7.19. The van der Waals surface area contributed by atoms with Crippen LogP contribution in [0, 0.1) is 0 Å². The lowest BCUT2D eigenvalue weighted by molar-refractivity contribution is 0.776. The first kappa shape index (κ1) is 12.9. The van der Waals surface area contributed by atoms with Crippen LogP contribution >= 0.6 is 7.26 Å². The first-order valence-electron chi connectivity index (χ1n) is 7.32. The van der Waals surface area contributed by atoms with E-state index >= 15 is 0 Å². The lowest BCUT2D eigenvalue weighted by atomic mass is 10.1. The van der Waals surface area contributed by atoms with Crippen molar-refractivity contribution in [1.29, 1.82) is 0 Å². The minimum atomic E-state index is -1.13. The highest BCUT2D eigenvalue weighted by Crippen LogP contribution is 2.60. The van der Waals surface area contributed by atoms with Crippen molar-refractivity contribution < 1.29 is 0 Å². The molecule has 0 unspecified atom stereocenters. The zero-order valence-corrected chi connectivity index (χ0v) is 12.8. The maximum absolute atomic E-state index is 2.54. The predicted octanol–water partition coefficient (Wildman–Crippen LogP) is 4.46. The number of hydrogen-bond donors (Lipinski definition) is 0. The third kappa shape index (κ3) is 2.03. The van der Waals surface area contributed by atoms with Crippen molar-refractivity contribution in [2.75, 3.05) is 12.8 Å². The Morgan fingerprint density at radius 3 is 1.84 bits per heavy atom. The zero-order valence-electron chi connectivity index (χ0n) is 11.9. The van der Waals surface area contributed by atoms with Crippen LogP contribution < -0.4 is 10.6 Å². The van der Waals surface area contributed by atoms with Crippen LogP contribution in [0.1, 0.15) is 26.2 Å². The molecule has 0 aliphatic carbocycles. The highest BCUT2D eigenvalue weighted by molar-refractivity contribution is 7.90. The average Bonchev–Trinajstić information content (AvgIpc) is 2.71. The van der Waals surface area contributed by atoms with E-state index in [0.29, 0.717) is 0 Å². The second-order valence-corrected chi connectivity index (χ2v) is 9.45. The predicted molar refractivity (Wildman–Crippen MR) is 88.4 cm³/mol. The molecule has 0 saturated carbocycles. The van der Waals surface area contributed by atoms with Crippen LogP contribution in [0.3, 0.4) is 0 Å². The average molecular weight is 269 g/mol. The van der Waals surface area contributed by atoms with Gasteiger partial charge in [0.25, 0.3) is 0 Å². The second-order valence-electron chi connectivity index (χ2n) is 5.66. The summed E-state index contributed by atoms with van der Waals surface area (Å²) in [5, 5.41) is 3.26. The van der Waals surface area contributed by atoms with Gasteiger partial charge in [0, 0.05) is 0 Å². The summed E-state index contributed by atoms with van der Waals surface area (Å²) in [6.45, 7) is 4.82. The van der Waals surface area contributed by atoms with Crippen LogP contribution in [0.25, 0.3) is 11.1 Å². The highest BCUT2D eigenvalue weighted by Gasteiger charge is 2.36. The Hall–Kier alpha value is -1.13. The summed E-state index contributed by atoms with van der Waals surface area (Å²) in [5.41, 5.74) is 2.98. The standard InChI is InChI=1S/C18H22P/c1-3-4-9-14-19(2)17-12-7-5-10-15(17)16-11-6-8-13-18(16)19/h5-8,10-13H,3-4,9,14H2,1-2H3. The zero-order chi connectivity index (χ0) is 13.3. The Morgan fingerprint density at radius 2 is 1.32 bits per heavy atom. The van der Waals surface area contributed by atoms with Crippen molar-refractivity contribution in [3.05, 3.63) is 48.5 Å². The molecule has 0 N–H and O–H groups in total. The molecular weight excluding hydrogens is 247 g/mol. The summed E-state index contributed by atoms with van der Waals surface area (Å²) < 4.78 is 0. The fourth-order valence-electron chi connectivity index (χ4n) is 3.31. The Kier molecular flexibility index (Phi) is 3.46. The van der Waals surface area contributed by atoms with E-state index in [9.17, 15) is 0 Å². The van der Waals surface area contributed by atoms with E-state index in [2.05, 4.69) is 62.1 Å². The van der Waals surface area contributed by atoms with Crippen molar-refractivity contribution in [3.8, 4) is 11.1 Å². The fraction of sp³-hybridized carbons (Fsp3) is 0.333. The Balaban J connectivity index is 2.09. The molecule has 0 fully saturated rings. The van der Waals surface area contributed by atoms with Gasteiger partial charge in [-0.05, 0) is 41.0 Å². The van der Waals surface area contributed by atoms with Gasteiger partial charge in [-0.1, -0.05) is 75.6 Å². The number of rotatable bonds is 4. The SMILES string of the molecule is CCCCC[P]1(C)c2ccccc2-c2ccccc21. The summed E-state index contributed by atoms with van der Waals surface area (Å²) in [6, 6.07) is 18.1. The van der Waals surface area contributed by atoms with E-state index in [1.165, 1.54) is 36.6 Å². The molecule has 1 heterocycles. The Labute approximate surface area is 117 Å². The molecular formula is C18H22P. The third-order valence-electron chi connectivity index (χ3n) is 4.37. The molecule has 2 aromatic carbocycles. The first-order chi connectivity index (χ1) is 9.27. The summed E-state index contributed by atoms with van der Waals surface area (Å²) in [5.74, 6) is 0. The monoisotopic (exact) mass is 269 g/mol. The van der Waals surface area contributed by atoms with Gasteiger partial charge in [0.15, 0.2) is 0 Å². The van der Waals surface area contributed by atoms with Crippen LogP contribution in [-0.4, -0.2) is 12.8 Å². The summed E-state index contributed by atoms with van der Waals surface area (Å²) in [4.78, 5) is 0. The van der Waals surface area contributed by atoms with Gasteiger partial charge >= 0.3 is 0 Å². The number of hydrogen-bond acceptors (Lipinski definition) is 0. The van der Waals surface area contributed by atoms with E-state index in [0.717, 1.165) is 0 Å². The quantitative estimate of drug-likeness (QED) is 0.568. The van der Waals surface area contributed by atoms with E-state index in [1.807, 2.05) is 0 Å². The number of unbranched alkanes of at least 4 members (excludes halogenated alkanes) is 2. The van der Waals surface area contributed by atoms with Gasteiger partial charge in [0.05, 0.1) is 0 Å². The van der Waals surface area contributed by atoms with E-state index < -0.39 is 7.26 Å². The molecule has 1 radical (unpaired) electrons. The van der Waals surface area contributed by atoms with Gasteiger partial charge in [-0.2, -0.15) is 0 Å². The van der Waals surface area contributed by atoms with Crippen LogP contribution in [0.15, 0.2) is 48.5 Å². The molecule has 1 heteroatoms. The normalized spacial score (nSPS) is 15.1. The largest absolute Gasteiger partial charge is 0.0716 e. The van der Waals surface area contributed by atoms with Crippen molar-refractivity contribution in [2.24, 2.45) is 0 Å². The lowest BCUT2D eigenvalue weighted by Gasteiger charge is -2.30.